The van der Waals surface area contributed by atoms with Crippen LogP contribution in [0.5, 0.6) is 0 Å². The fourth-order valence-corrected chi connectivity index (χ4v) is 7.00. The highest BCUT2D eigenvalue weighted by Gasteiger charge is 2.62. The largest absolute Gasteiger partial charge is 0.444 e. The number of carbonyl (C=O) groups is 1. The highest BCUT2D eigenvalue weighted by molar-refractivity contribution is 5.71. The molecular weight excluding hydrogens is 398 g/mol. The Morgan fingerprint density at radius 3 is 2.48 bits per heavy atom. The standard InChI is InChI=1S/C24H39NO6/c1-13-16-9-25(22(28)31-23(2,3)4)24(5)12-30-21(29-6)15-8-7-14(19(16)20(15)24)18(11-27)17(13)10-26/h13-15,17-18,20-21,26-27H,7-12H2,1-6H3/t13-,14+,15-,17-,18+,20-,21-,24-/m0/s1. The summed E-state index contributed by atoms with van der Waals surface area (Å²) in [5.74, 6) is 0.592. The average Bonchev–Trinajstić information content (AvgIpc) is 2.70. The van der Waals surface area contributed by atoms with E-state index in [0.29, 0.717) is 13.2 Å². The van der Waals surface area contributed by atoms with Crippen molar-refractivity contribution in [1.29, 1.82) is 0 Å². The van der Waals surface area contributed by atoms with Crippen LogP contribution in [0.3, 0.4) is 0 Å². The smallest absolute Gasteiger partial charge is 0.411 e. The number of aliphatic hydroxyl groups is 2. The van der Waals surface area contributed by atoms with Crippen molar-refractivity contribution in [3.63, 3.8) is 0 Å². The van der Waals surface area contributed by atoms with Gasteiger partial charge in [0.15, 0.2) is 6.29 Å². The molecule has 0 bridgehead atoms. The maximum absolute atomic E-state index is 13.4. The minimum Gasteiger partial charge on any atom is -0.444 e. The lowest BCUT2D eigenvalue weighted by atomic mass is 9.51. The van der Waals surface area contributed by atoms with Gasteiger partial charge >= 0.3 is 6.09 Å². The van der Waals surface area contributed by atoms with E-state index in [4.69, 9.17) is 14.2 Å². The van der Waals surface area contributed by atoms with E-state index < -0.39 is 11.1 Å². The van der Waals surface area contributed by atoms with Gasteiger partial charge in [0, 0.05) is 38.7 Å². The Bertz CT molecular complexity index is 745. The molecule has 4 aliphatic rings. The third kappa shape index (κ3) is 3.52. The molecule has 2 N–H and O–H groups in total. The van der Waals surface area contributed by atoms with Gasteiger partial charge in [-0.3, -0.25) is 4.90 Å². The molecule has 1 amide bonds. The Hall–Kier alpha value is -1.15. The lowest BCUT2D eigenvalue weighted by Gasteiger charge is -2.63. The summed E-state index contributed by atoms with van der Waals surface area (Å²) in [5.41, 5.74) is 1.50. The molecule has 2 aliphatic carbocycles. The van der Waals surface area contributed by atoms with Crippen molar-refractivity contribution in [3.05, 3.63) is 11.1 Å². The van der Waals surface area contributed by atoms with E-state index in [2.05, 4.69) is 13.8 Å². The number of methoxy groups -OCH3 is 1. The Morgan fingerprint density at radius 2 is 1.90 bits per heavy atom. The molecule has 7 nitrogen and oxygen atoms in total. The fourth-order valence-electron chi connectivity index (χ4n) is 7.00. The van der Waals surface area contributed by atoms with E-state index >= 15 is 0 Å². The summed E-state index contributed by atoms with van der Waals surface area (Å²) >= 11 is 0. The second kappa shape index (κ2) is 8.01. The predicted octanol–water partition coefficient (Wildman–Crippen LogP) is 2.80. The van der Waals surface area contributed by atoms with Crippen molar-refractivity contribution in [2.75, 3.05) is 33.5 Å². The number of ether oxygens (including phenoxy) is 3. The topological polar surface area (TPSA) is 88.5 Å². The number of rotatable bonds is 3. The number of nitrogens with zero attached hydrogens (tertiary/aromatic N) is 1. The molecule has 0 aromatic heterocycles. The van der Waals surface area contributed by atoms with Gasteiger partial charge in [-0.1, -0.05) is 12.5 Å². The Kier molecular flexibility index (Phi) is 5.95. The number of hydrogen-bond donors (Lipinski definition) is 2. The van der Waals surface area contributed by atoms with Gasteiger partial charge < -0.3 is 24.4 Å². The lowest BCUT2D eigenvalue weighted by molar-refractivity contribution is -0.241. The predicted molar refractivity (Wildman–Crippen MR) is 115 cm³/mol. The zero-order valence-electron chi connectivity index (χ0n) is 19.8. The molecule has 0 spiro atoms. The summed E-state index contributed by atoms with van der Waals surface area (Å²) in [4.78, 5) is 15.3. The molecule has 1 saturated carbocycles. The summed E-state index contributed by atoms with van der Waals surface area (Å²) in [6, 6.07) is 0. The number of amides is 1. The minimum absolute atomic E-state index is 0.00629. The molecule has 2 aliphatic heterocycles. The molecule has 2 fully saturated rings. The van der Waals surface area contributed by atoms with E-state index in [1.54, 1.807) is 7.11 Å². The summed E-state index contributed by atoms with van der Waals surface area (Å²) in [6.07, 6.45) is 1.23. The van der Waals surface area contributed by atoms with Crippen LogP contribution in [-0.4, -0.2) is 72.1 Å². The summed E-state index contributed by atoms with van der Waals surface area (Å²) in [5, 5.41) is 20.5. The molecular formula is C24H39NO6. The molecule has 0 unspecified atom stereocenters. The normalized spacial score (nSPS) is 42.3. The van der Waals surface area contributed by atoms with Crippen molar-refractivity contribution in [3.8, 4) is 0 Å². The highest BCUT2D eigenvalue weighted by atomic mass is 16.7. The van der Waals surface area contributed by atoms with Crippen LogP contribution >= 0.6 is 0 Å². The Balaban J connectivity index is 1.84. The van der Waals surface area contributed by atoms with E-state index in [1.165, 1.54) is 11.1 Å². The van der Waals surface area contributed by atoms with Gasteiger partial charge in [-0.15, -0.1) is 0 Å². The van der Waals surface area contributed by atoms with Crippen LogP contribution in [0.25, 0.3) is 0 Å². The first-order chi connectivity index (χ1) is 14.6. The van der Waals surface area contributed by atoms with E-state index in [9.17, 15) is 15.0 Å². The molecule has 31 heavy (non-hydrogen) atoms. The van der Waals surface area contributed by atoms with Crippen LogP contribution in [0.2, 0.25) is 0 Å². The number of hydrogen-bond acceptors (Lipinski definition) is 6. The van der Waals surface area contributed by atoms with Crippen LogP contribution in [0.4, 0.5) is 4.79 Å². The first kappa shape index (κ1) is 23.0. The minimum atomic E-state index is -0.588. The van der Waals surface area contributed by atoms with E-state index in [-0.39, 0.29) is 61.1 Å². The second-order valence-corrected chi connectivity index (χ2v) is 11.1. The maximum atomic E-state index is 13.4. The Labute approximate surface area is 185 Å². The molecule has 8 atom stereocenters. The van der Waals surface area contributed by atoms with E-state index in [0.717, 1.165) is 12.8 Å². The van der Waals surface area contributed by atoms with Gasteiger partial charge in [-0.05, 0) is 69.8 Å². The molecule has 7 heteroatoms. The third-order valence-electron chi connectivity index (χ3n) is 8.38. The molecule has 4 rings (SSSR count). The third-order valence-corrected chi connectivity index (χ3v) is 8.38. The van der Waals surface area contributed by atoms with Crippen molar-refractivity contribution in [1.82, 2.24) is 4.90 Å². The van der Waals surface area contributed by atoms with Gasteiger partial charge in [0.25, 0.3) is 0 Å². The number of aliphatic hydroxyl groups excluding tert-OH is 2. The quantitative estimate of drug-likeness (QED) is 0.660. The fraction of sp³-hybridized carbons (Fsp3) is 0.875. The SMILES string of the molecule is CO[C@H]1OC[C@@]2(C)[C@@H]3C4=C(CN2C(=O)OC(C)(C)C)[C@H](C)[C@H](CO)[C@H](CO)[C@H]4CC[C@H]13. The van der Waals surface area contributed by atoms with Crippen LogP contribution in [0, 0.1) is 35.5 Å². The zero-order valence-corrected chi connectivity index (χ0v) is 19.8. The van der Waals surface area contributed by atoms with Gasteiger partial charge in [0.05, 0.1) is 12.1 Å². The molecule has 0 aromatic carbocycles. The van der Waals surface area contributed by atoms with Crippen LogP contribution in [-0.2, 0) is 14.2 Å². The van der Waals surface area contributed by atoms with Crippen LogP contribution in [0.15, 0.2) is 11.1 Å². The molecule has 2 heterocycles. The Morgan fingerprint density at radius 1 is 1.23 bits per heavy atom. The van der Waals surface area contributed by atoms with Crippen molar-refractivity contribution in [2.24, 2.45) is 35.5 Å². The van der Waals surface area contributed by atoms with Gasteiger partial charge in [-0.25, -0.2) is 4.79 Å². The van der Waals surface area contributed by atoms with Crippen molar-refractivity contribution >= 4 is 6.09 Å². The highest BCUT2D eigenvalue weighted by Crippen LogP contribution is 2.60. The average molecular weight is 438 g/mol. The van der Waals surface area contributed by atoms with Gasteiger partial charge in [0.1, 0.15) is 5.60 Å². The van der Waals surface area contributed by atoms with Crippen molar-refractivity contribution < 1.29 is 29.2 Å². The zero-order chi connectivity index (χ0) is 22.7. The monoisotopic (exact) mass is 437 g/mol. The molecule has 1 saturated heterocycles. The first-order valence-electron chi connectivity index (χ1n) is 11.7. The second-order valence-electron chi connectivity index (χ2n) is 11.1. The summed E-state index contributed by atoms with van der Waals surface area (Å²) in [6.45, 7) is 10.9. The van der Waals surface area contributed by atoms with Gasteiger partial charge in [0.2, 0.25) is 0 Å². The molecule has 176 valence electrons. The number of carbonyl (C=O) groups excluding carboxylic acids is 1. The van der Waals surface area contributed by atoms with Crippen LogP contribution < -0.4 is 0 Å². The lowest BCUT2D eigenvalue weighted by Crippen LogP contribution is -2.69. The molecule has 0 aromatic rings. The maximum Gasteiger partial charge on any atom is 0.411 e. The van der Waals surface area contributed by atoms with Gasteiger partial charge in [-0.2, -0.15) is 0 Å². The van der Waals surface area contributed by atoms with Crippen molar-refractivity contribution in [2.45, 2.75) is 64.9 Å². The van der Waals surface area contributed by atoms with Crippen LogP contribution in [0.1, 0.15) is 47.5 Å². The summed E-state index contributed by atoms with van der Waals surface area (Å²) < 4.78 is 17.7. The first-order valence-corrected chi connectivity index (χ1v) is 11.7. The molecule has 0 radical (unpaired) electrons. The van der Waals surface area contributed by atoms with E-state index in [1.807, 2.05) is 25.7 Å². The summed E-state index contributed by atoms with van der Waals surface area (Å²) in [7, 11) is 1.69.